The van der Waals surface area contributed by atoms with E-state index in [1.807, 2.05) is 37.4 Å². The highest BCUT2D eigenvalue weighted by Crippen LogP contribution is 2.42. The number of hydrogen-bond donors (Lipinski definition) is 2. The summed E-state index contributed by atoms with van der Waals surface area (Å²) >= 11 is 0. The Balaban J connectivity index is 1.13. The number of hydrogen-bond acceptors (Lipinski definition) is 6. The molecule has 41 heavy (non-hydrogen) atoms. The summed E-state index contributed by atoms with van der Waals surface area (Å²) in [7, 11) is 0. The largest absolute Gasteiger partial charge is 0.494 e. The van der Waals surface area contributed by atoms with Crippen LogP contribution in [0.5, 0.6) is 5.75 Å². The summed E-state index contributed by atoms with van der Waals surface area (Å²) < 4.78 is 5.47. The maximum Gasteiger partial charge on any atom is 0.255 e. The molecule has 0 spiro atoms. The molecule has 7 nitrogen and oxygen atoms in total. The van der Waals surface area contributed by atoms with Crippen molar-refractivity contribution in [3.63, 3.8) is 0 Å². The van der Waals surface area contributed by atoms with Crippen LogP contribution in [0.2, 0.25) is 0 Å². The molecular formula is C34H37N5O2. The SMILES string of the molecule is CCOc1ccc(C(=O)Nc2ccc(C3Cc4cnc(NCCCN5CCCC5)nc4-c4ccccc43)cc2)cc1. The highest BCUT2D eigenvalue weighted by Gasteiger charge is 2.27. The Bertz CT molecular complexity index is 1480. The van der Waals surface area contributed by atoms with Crippen molar-refractivity contribution >= 4 is 17.5 Å². The van der Waals surface area contributed by atoms with Gasteiger partial charge in [-0.25, -0.2) is 9.97 Å². The van der Waals surface area contributed by atoms with E-state index in [1.165, 1.54) is 37.1 Å². The fraction of sp³-hybridized carbons (Fsp3) is 0.324. The Morgan fingerprint density at radius 1 is 1.00 bits per heavy atom. The van der Waals surface area contributed by atoms with Crippen LogP contribution in [0.4, 0.5) is 11.6 Å². The molecule has 6 rings (SSSR count). The van der Waals surface area contributed by atoms with Gasteiger partial charge in [0.15, 0.2) is 0 Å². The summed E-state index contributed by atoms with van der Waals surface area (Å²) in [5.41, 5.74) is 7.17. The molecule has 2 N–H and O–H groups in total. The summed E-state index contributed by atoms with van der Waals surface area (Å²) in [6, 6.07) is 23.9. The monoisotopic (exact) mass is 547 g/mol. The zero-order valence-corrected chi connectivity index (χ0v) is 23.6. The molecule has 0 bridgehead atoms. The van der Waals surface area contributed by atoms with Crippen LogP contribution in [0.3, 0.4) is 0 Å². The minimum atomic E-state index is -0.143. The predicted molar refractivity (Wildman–Crippen MR) is 164 cm³/mol. The van der Waals surface area contributed by atoms with Gasteiger partial charge in [0, 0.05) is 35.5 Å². The van der Waals surface area contributed by atoms with E-state index in [2.05, 4.69) is 56.9 Å². The third kappa shape index (κ3) is 6.25. The third-order valence-electron chi connectivity index (χ3n) is 8.01. The van der Waals surface area contributed by atoms with Gasteiger partial charge < -0.3 is 20.3 Å². The average Bonchev–Trinajstić information content (AvgIpc) is 3.54. The summed E-state index contributed by atoms with van der Waals surface area (Å²) in [6.07, 6.45) is 6.56. The molecule has 4 aromatic rings. The number of nitrogens with zero attached hydrogens (tertiary/aromatic N) is 3. The highest BCUT2D eigenvalue weighted by molar-refractivity contribution is 6.04. The Hall–Kier alpha value is -4.23. The Labute approximate surface area is 242 Å². The van der Waals surface area contributed by atoms with E-state index in [4.69, 9.17) is 9.72 Å². The second kappa shape index (κ2) is 12.5. The van der Waals surface area contributed by atoms with Gasteiger partial charge in [0.05, 0.1) is 12.3 Å². The van der Waals surface area contributed by atoms with E-state index in [1.54, 1.807) is 12.1 Å². The number of rotatable bonds is 10. The van der Waals surface area contributed by atoms with Gasteiger partial charge in [0.25, 0.3) is 5.91 Å². The van der Waals surface area contributed by atoms with Gasteiger partial charge in [-0.3, -0.25) is 4.79 Å². The van der Waals surface area contributed by atoms with E-state index >= 15 is 0 Å². The molecule has 7 heteroatoms. The lowest BCUT2D eigenvalue weighted by Crippen LogP contribution is -2.22. The third-order valence-corrected chi connectivity index (χ3v) is 8.01. The smallest absolute Gasteiger partial charge is 0.255 e. The first-order chi connectivity index (χ1) is 20.2. The topological polar surface area (TPSA) is 79.4 Å². The van der Waals surface area contributed by atoms with E-state index in [-0.39, 0.29) is 11.8 Å². The Kier molecular flexibility index (Phi) is 8.23. The molecule has 3 aromatic carbocycles. The number of anilines is 2. The van der Waals surface area contributed by atoms with Crippen LogP contribution in [0, 0.1) is 0 Å². The van der Waals surface area contributed by atoms with Crippen LogP contribution < -0.4 is 15.4 Å². The Morgan fingerprint density at radius 3 is 2.56 bits per heavy atom. The molecule has 0 radical (unpaired) electrons. The molecule has 2 heterocycles. The number of nitrogens with one attached hydrogen (secondary N) is 2. The van der Waals surface area contributed by atoms with Gasteiger partial charge in [0.2, 0.25) is 5.95 Å². The number of ether oxygens (including phenoxy) is 1. The molecule has 1 amide bonds. The zero-order valence-electron chi connectivity index (χ0n) is 23.6. The molecule has 1 aliphatic carbocycles. The lowest BCUT2D eigenvalue weighted by atomic mass is 9.78. The van der Waals surface area contributed by atoms with Gasteiger partial charge in [-0.05, 0) is 105 Å². The average molecular weight is 548 g/mol. The maximum atomic E-state index is 12.8. The molecule has 1 aromatic heterocycles. The molecule has 1 aliphatic heterocycles. The fourth-order valence-electron chi connectivity index (χ4n) is 5.90. The second-order valence-electron chi connectivity index (χ2n) is 10.8. The van der Waals surface area contributed by atoms with Crippen molar-refractivity contribution in [1.29, 1.82) is 0 Å². The van der Waals surface area contributed by atoms with Crippen LogP contribution in [0.1, 0.15) is 59.2 Å². The lowest BCUT2D eigenvalue weighted by Gasteiger charge is -2.27. The van der Waals surface area contributed by atoms with Crippen molar-refractivity contribution in [1.82, 2.24) is 14.9 Å². The standard InChI is InChI=1S/C34H37N5O2/c1-2-41-28-16-12-25(13-17-28)33(40)37-27-14-10-24(11-15-27)31-22-26-23-36-34(35-18-7-21-39-19-5-6-20-39)38-32(26)30-9-4-3-8-29(30)31/h3-4,8-17,23,31H,2,5-7,18-22H2,1H3,(H,37,40)(H,35,36,38). The first kappa shape index (κ1) is 27.0. The number of benzene rings is 3. The second-order valence-corrected chi connectivity index (χ2v) is 10.8. The van der Waals surface area contributed by atoms with E-state index in [9.17, 15) is 4.79 Å². The van der Waals surface area contributed by atoms with Crippen LogP contribution in [0.15, 0.2) is 79.0 Å². The Morgan fingerprint density at radius 2 is 1.78 bits per heavy atom. The first-order valence-electron chi connectivity index (χ1n) is 14.7. The van der Waals surface area contributed by atoms with Crippen LogP contribution in [-0.2, 0) is 6.42 Å². The van der Waals surface area contributed by atoms with Crippen LogP contribution in [-0.4, -0.2) is 53.6 Å². The van der Waals surface area contributed by atoms with Gasteiger partial charge >= 0.3 is 0 Å². The van der Waals surface area contributed by atoms with E-state index in [0.29, 0.717) is 18.1 Å². The van der Waals surface area contributed by atoms with E-state index in [0.717, 1.165) is 54.2 Å². The van der Waals surface area contributed by atoms with Crippen molar-refractivity contribution in [2.75, 3.05) is 43.4 Å². The highest BCUT2D eigenvalue weighted by atomic mass is 16.5. The van der Waals surface area contributed by atoms with Crippen LogP contribution in [0.25, 0.3) is 11.3 Å². The summed E-state index contributed by atoms with van der Waals surface area (Å²) in [5.74, 6) is 1.51. The normalized spacial score (nSPS) is 16.1. The molecule has 1 unspecified atom stereocenters. The number of fused-ring (bicyclic) bond motifs is 3. The number of likely N-dealkylation sites (tertiary alicyclic amines) is 1. The van der Waals surface area contributed by atoms with Crippen molar-refractivity contribution in [3.8, 4) is 17.0 Å². The molecule has 1 atom stereocenters. The molecular weight excluding hydrogens is 510 g/mol. The van der Waals surface area contributed by atoms with Crippen molar-refractivity contribution < 1.29 is 9.53 Å². The summed E-state index contributed by atoms with van der Waals surface area (Å²) in [5, 5.41) is 6.45. The quantitative estimate of drug-likeness (QED) is 0.224. The zero-order chi connectivity index (χ0) is 28.0. The summed E-state index contributed by atoms with van der Waals surface area (Å²) in [6.45, 7) is 7.00. The fourth-order valence-corrected chi connectivity index (χ4v) is 5.90. The first-order valence-corrected chi connectivity index (χ1v) is 14.7. The molecule has 0 saturated carbocycles. The van der Waals surface area contributed by atoms with Gasteiger partial charge in [-0.1, -0.05) is 36.4 Å². The molecule has 2 aliphatic rings. The van der Waals surface area contributed by atoms with Gasteiger partial charge in [0.1, 0.15) is 5.75 Å². The number of carbonyl (C=O) groups excluding carboxylic acids is 1. The number of carbonyl (C=O) groups is 1. The number of amides is 1. The molecule has 210 valence electrons. The predicted octanol–water partition coefficient (Wildman–Crippen LogP) is 6.38. The van der Waals surface area contributed by atoms with Crippen molar-refractivity contribution in [2.45, 2.75) is 38.5 Å². The minimum absolute atomic E-state index is 0.143. The van der Waals surface area contributed by atoms with Crippen LogP contribution >= 0.6 is 0 Å². The van der Waals surface area contributed by atoms with Crippen molar-refractivity contribution in [2.24, 2.45) is 0 Å². The van der Waals surface area contributed by atoms with E-state index < -0.39 is 0 Å². The van der Waals surface area contributed by atoms with Crippen molar-refractivity contribution in [3.05, 3.63) is 101 Å². The molecule has 1 fully saturated rings. The van der Waals surface area contributed by atoms with Gasteiger partial charge in [-0.2, -0.15) is 0 Å². The number of aromatic nitrogens is 2. The lowest BCUT2D eigenvalue weighted by molar-refractivity contribution is 0.102. The molecule has 1 saturated heterocycles. The van der Waals surface area contributed by atoms with Gasteiger partial charge in [-0.15, -0.1) is 0 Å². The maximum absolute atomic E-state index is 12.8. The minimum Gasteiger partial charge on any atom is -0.494 e. The summed E-state index contributed by atoms with van der Waals surface area (Å²) in [4.78, 5) is 24.9.